The largest absolute Gasteiger partial charge is 0.408 e. The highest BCUT2D eigenvalue weighted by Crippen LogP contribution is 2.38. The van der Waals surface area contributed by atoms with Gasteiger partial charge in [-0.05, 0) is 68.1 Å². The monoisotopic (exact) mass is 433 g/mol. The topological polar surface area (TPSA) is 74.5 Å². The molecule has 0 radical (unpaired) electrons. The van der Waals surface area contributed by atoms with Crippen molar-refractivity contribution in [2.45, 2.75) is 46.5 Å². The van der Waals surface area contributed by atoms with Crippen molar-refractivity contribution in [3.05, 3.63) is 59.5 Å². The molecule has 1 aliphatic rings. The molecule has 0 fully saturated rings. The molecule has 0 bridgehead atoms. The van der Waals surface area contributed by atoms with Gasteiger partial charge in [0.25, 0.3) is 0 Å². The summed E-state index contributed by atoms with van der Waals surface area (Å²) in [6, 6.07) is 14.7. The zero-order valence-electron chi connectivity index (χ0n) is 19.1. The fourth-order valence-corrected chi connectivity index (χ4v) is 4.30. The zero-order valence-corrected chi connectivity index (χ0v) is 19.1. The second-order valence-corrected chi connectivity index (χ2v) is 8.23. The Hall–Kier alpha value is -3.19. The maximum Gasteiger partial charge on any atom is 0.320 e. The molecule has 1 aliphatic heterocycles. The van der Waals surface area contributed by atoms with Crippen LogP contribution >= 0.6 is 0 Å². The highest BCUT2D eigenvalue weighted by atomic mass is 16.4. The maximum absolute atomic E-state index is 13.7. The summed E-state index contributed by atoms with van der Waals surface area (Å²) in [7, 11) is 0. The summed E-state index contributed by atoms with van der Waals surface area (Å²) >= 11 is 0. The molecule has 7 nitrogen and oxygen atoms in total. The van der Waals surface area contributed by atoms with E-state index in [-0.39, 0.29) is 5.91 Å². The number of carbonyl (C=O) groups is 1. The molecule has 2 heterocycles. The number of rotatable bonds is 8. The van der Waals surface area contributed by atoms with Gasteiger partial charge in [0.1, 0.15) is 0 Å². The van der Waals surface area contributed by atoms with E-state index in [1.807, 2.05) is 35.2 Å². The lowest BCUT2D eigenvalue weighted by atomic mass is 10.0. The molecule has 0 saturated heterocycles. The van der Waals surface area contributed by atoms with Crippen molar-refractivity contribution < 1.29 is 9.21 Å². The number of amides is 1. The van der Waals surface area contributed by atoms with Gasteiger partial charge in [-0.15, -0.1) is 5.10 Å². The molecule has 1 aromatic heterocycles. The molecule has 0 unspecified atom stereocenters. The molecule has 7 heteroatoms. The van der Waals surface area contributed by atoms with Crippen LogP contribution in [0, 0.1) is 6.92 Å². The van der Waals surface area contributed by atoms with Crippen molar-refractivity contribution in [1.29, 1.82) is 0 Å². The molecule has 2 aromatic carbocycles. The smallest absolute Gasteiger partial charge is 0.320 e. The fourth-order valence-electron chi connectivity index (χ4n) is 4.30. The first-order valence-electron chi connectivity index (χ1n) is 11.4. The minimum atomic E-state index is 0.0910. The molecular formula is C25H31N5O2. The summed E-state index contributed by atoms with van der Waals surface area (Å²) in [5, 5.41) is 11.1. The van der Waals surface area contributed by atoms with Crippen LogP contribution in [-0.4, -0.2) is 40.6 Å². The first-order valence-corrected chi connectivity index (χ1v) is 11.4. The Morgan fingerprint density at radius 3 is 2.44 bits per heavy atom. The van der Waals surface area contributed by atoms with Gasteiger partial charge in [-0.2, -0.15) is 0 Å². The number of fused-ring (bicyclic) bond motifs is 2. The SMILES string of the molecule is CCCN(CCC)CC(=O)N1c2ccccc2CCc2ccc(Nc3nnc(C)o3)cc21. The Bertz CT molecular complexity index is 1070. The number of benzene rings is 2. The summed E-state index contributed by atoms with van der Waals surface area (Å²) in [5.74, 6) is 0.591. The number of anilines is 4. The predicted octanol–water partition coefficient (Wildman–Crippen LogP) is 5.01. The number of hydrogen-bond acceptors (Lipinski definition) is 6. The average Bonchev–Trinajstić information content (AvgIpc) is 3.11. The molecule has 1 amide bonds. The summed E-state index contributed by atoms with van der Waals surface area (Å²) in [4.78, 5) is 17.9. The van der Waals surface area contributed by atoms with Gasteiger partial charge in [0.2, 0.25) is 11.8 Å². The minimum absolute atomic E-state index is 0.0910. The Morgan fingerprint density at radius 1 is 1.03 bits per heavy atom. The van der Waals surface area contributed by atoms with Crippen LogP contribution in [0.5, 0.6) is 0 Å². The summed E-state index contributed by atoms with van der Waals surface area (Å²) in [5.41, 5.74) is 5.03. The van der Waals surface area contributed by atoms with Crippen molar-refractivity contribution in [3.63, 3.8) is 0 Å². The molecule has 4 rings (SSSR count). The molecule has 0 saturated carbocycles. The molecule has 1 N–H and O–H groups in total. The van der Waals surface area contributed by atoms with Gasteiger partial charge in [-0.1, -0.05) is 43.2 Å². The standard InChI is InChI=1S/C25H31N5O2/c1-4-14-29(15-5-2)17-24(31)30-22-9-7-6-8-19(22)10-11-20-12-13-21(16-23(20)30)26-25-28-27-18(3)32-25/h6-9,12-13,16H,4-5,10-11,14-15,17H2,1-3H3,(H,26,28). The van der Waals surface area contributed by atoms with Crippen molar-refractivity contribution in [2.75, 3.05) is 29.9 Å². The number of aryl methyl sites for hydroxylation is 3. The third kappa shape index (κ3) is 4.83. The first kappa shape index (κ1) is 22.0. The van der Waals surface area contributed by atoms with Crippen LogP contribution in [0.3, 0.4) is 0 Å². The van der Waals surface area contributed by atoms with Crippen molar-refractivity contribution in [2.24, 2.45) is 0 Å². The summed E-state index contributed by atoms with van der Waals surface area (Å²) in [6.45, 7) is 8.29. The molecule has 32 heavy (non-hydrogen) atoms. The van der Waals surface area contributed by atoms with Crippen LogP contribution < -0.4 is 10.2 Å². The van der Waals surface area contributed by atoms with E-state index in [1.165, 1.54) is 5.56 Å². The van der Waals surface area contributed by atoms with E-state index in [1.54, 1.807) is 6.92 Å². The number of aromatic nitrogens is 2. The van der Waals surface area contributed by atoms with Crippen LogP contribution in [0.15, 0.2) is 46.9 Å². The lowest BCUT2D eigenvalue weighted by Crippen LogP contribution is -2.39. The van der Waals surface area contributed by atoms with Crippen LogP contribution in [0.25, 0.3) is 0 Å². The van der Waals surface area contributed by atoms with E-state index < -0.39 is 0 Å². The van der Waals surface area contributed by atoms with Gasteiger partial charge in [0.15, 0.2) is 0 Å². The van der Waals surface area contributed by atoms with Gasteiger partial charge in [-0.25, -0.2) is 0 Å². The van der Waals surface area contributed by atoms with E-state index in [0.29, 0.717) is 18.5 Å². The Morgan fingerprint density at radius 2 is 1.75 bits per heavy atom. The van der Waals surface area contributed by atoms with E-state index in [4.69, 9.17) is 4.42 Å². The lowest BCUT2D eigenvalue weighted by molar-refractivity contribution is -0.119. The Kier molecular flexibility index (Phi) is 6.85. The first-order chi connectivity index (χ1) is 15.6. The number of hydrogen-bond donors (Lipinski definition) is 1. The molecule has 0 atom stereocenters. The lowest BCUT2D eigenvalue weighted by Gasteiger charge is -2.29. The van der Waals surface area contributed by atoms with Crippen molar-refractivity contribution >= 4 is 29.0 Å². The quantitative estimate of drug-likeness (QED) is 0.538. The van der Waals surface area contributed by atoms with Crippen LogP contribution in [0.4, 0.5) is 23.1 Å². The number of para-hydroxylation sites is 1. The van der Waals surface area contributed by atoms with Gasteiger partial charge in [0.05, 0.1) is 17.9 Å². The van der Waals surface area contributed by atoms with Crippen molar-refractivity contribution in [1.82, 2.24) is 15.1 Å². The van der Waals surface area contributed by atoms with E-state index in [2.05, 4.69) is 46.4 Å². The normalized spacial score (nSPS) is 12.9. The van der Waals surface area contributed by atoms with Crippen molar-refractivity contribution in [3.8, 4) is 0 Å². The molecule has 0 spiro atoms. The highest BCUT2D eigenvalue weighted by Gasteiger charge is 2.27. The van der Waals surface area contributed by atoms with E-state index >= 15 is 0 Å². The van der Waals surface area contributed by atoms with Gasteiger partial charge in [0, 0.05) is 12.6 Å². The molecule has 3 aromatic rings. The summed E-state index contributed by atoms with van der Waals surface area (Å²) in [6.07, 6.45) is 3.83. The Labute approximate surface area is 189 Å². The molecule has 0 aliphatic carbocycles. The van der Waals surface area contributed by atoms with Crippen LogP contribution in [-0.2, 0) is 17.6 Å². The Balaban J connectivity index is 1.72. The minimum Gasteiger partial charge on any atom is -0.408 e. The van der Waals surface area contributed by atoms with E-state index in [9.17, 15) is 4.79 Å². The van der Waals surface area contributed by atoms with E-state index in [0.717, 1.165) is 61.4 Å². The molecular weight excluding hydrogens is 402 g/mol. The van der Waals surface area contributed by atoms with Crippen LogP contribution in [0.1, 0.15) is 43.7 Å². The average molecular weight is 434 g/mol. The zero-order chi connectivity index (χ0) is 22.5. The number of carbonyl (C=O) groups excluding carboxylic acids is 1. The highest BCUT2D eigenvalue weighted by molar-refractivity contribution is 6.03. The van der Waals surface area contributed by atoms with Gasteiger partial charge < -0.3 is 9.73 Å². The second kappa shape index (κ2) is 9.96. The number of nitrogens with one attached hydrogen (secondary N) is 1. The van der Waals surface area contributed by atoms with Gasteiger partial charge in [-0.3, -0.25) is 14.6 Å². The summed E-state index contributed by atoms with van der Waals surface area (Å²) < 4.78 is 5.47. The number of nitrogens with zero attached hydrogens (tertiary/aromatic N) is 4. The fraction of sp³-hybridized carbons (Fsp3) is 0.400. The van der Waals surface area contributed by atoms with Gasteiger partial charge >= 0.3 is 6.01 Å². The third-order valence-corrected chi connectivity index (χ3v) is 5.69. The van der Waals surface area contributed by atoms with Crippen LogP contribution in [0.2, 0.25) is 0 Å². The maximum atomic E-state index is 13.7. The molecule has 168 valence electrons. The predicted molar refractivity (Wildman–Crippen MR) is 127 cm³/mol. The third-order valence-electron chi connectivity index (χ3n) is 5.69. The second-order valence-electron chi connectivity index (χ2n) is 8.23.